The van der Waals surface area contributed by atoms with E-state index in [0.717, 1.165) is 19.3 Å². The van der Waals surface area contributed by atoms with Crippen LogP contribution in [0.4, 0.5) is 4.39 Å². The maximum absolute atomic E-state index is 13.2. The molecule has 2 aliphatic rings. The summed E-state index contributed by atoms with van der Waals surface area (Å²) in [6, 6.07) is 6.06. The Morgan fingerprint density at radius 1 is 1.29 bits per heavy atom. The van der Waals surface area contributed by atoms with E-state index in [4.69, 9.17) is 9.26 Å². The van der Waals surface area contributed by atoms with Crippen molar-refractivity contribution in [2.45, 2.75) is 38.3 Å². The first-order chi connectivity index (χ1) is 11.6. The molecule has 1 saturated carbocycles. The second-order valence-electron chi connectivity index (χ2n) is 6.38. The fourth-order valence-electron chi connectivity index (χ4n) is 3.75. The zero-order valence-corrected chi connectivity index (χ0v) is 13.5. The van der Waals surface area contributed by atoms with Gasteiger partial charge in [0.05, 0.1) is 18.8 Å². The van der Waals surface area contributed by atoms with Crippen LogP contribution in [-0.4, -0.2) is 41.3 Å². The third kappa shape index (κ3) is 2.51. The van der Waals surface area contributed by atoms with E-state index in [1.807, 2.05) is 4.90 Å². The number of fused-ring (bicyclic) bond motifs is 1. The molecule has 1 saturated heterocycles. The average molecular weight is 330 g/mol. The first-order valence-corrected chi connectivity index (χ1v) is 8.30. The molecule has 4 rings (SSSR count). The predicted octanol–water partition coefficient (Wildman–Crippen LogP) is 3.18. The summed E-state index contributed by atoms with van der Waals surface area (Å²) in [7, 11) is 0. The molecule has 2 aromatic rings. The highest BCUT2D eigenvalue weighted by Gasteiger charge is 2.40. The van der Waals surface area contributed by atoms with Gasteiger partial charge in [-0.15, -0.1) is 0 Å². The summed E-state index contributed by atoms with van der Waals surface area (Å²) >= 11 is 0. The first-order valence-electron chi connectivity index (χ1n) is 8.30. The predicted molar refractivity (Wildman–Crippen MR) is 85.0 cm³/mol. The fraction of sp³-hybridized carbons (Fsp3) is 0.444. The first kappa shape index (κ1) is 15.3. The van der Waals surface area contributed by atoms with Gasteiger partial charge in [-0.25, -0.2) is 4.39 Å². The smallest absolute Gasteiger partial charge is 0.260 e. The number of carbonyl (C=O) groups is 1. The van der Waals surface area contributed by atoms with E-state index in [9.17, 15) is 9.18 Å². The molecule has 6 heteroatoms. The molecule has 1 amide bonds. The number of carbonyl (C=O) groups excluding carboxylic acids is 1. The van der Waals surface area contributed by atoms with Crippen molar-refractivity contribution < 1.29 is 18.4 Å². The topological polar surface area (TPSA) is 55.6 Å². The number of nitrogens with zero attached hydrogens (tertiary/aromatic N) is 2. The third-order valence-electron chi connectivity index (χ3n) is 4.94. The van der Waals surface area contributed by atoms with Crippen LogP contribution in [-0.2, 0) is 4.74 Å². The molecule has 0 N–H and O–H groups in total. The van der Waals surface area contributed by atoms with Gasteiger partial charge in [0.25, 0.3) is 5.91 Å². The van der Waals surface area contributed by atoms with E-state index in [-0.39, 0.29) is 23.9 Å². The number of amides is 1. The number of hydrogen-bond acceptors (Lipinski definition) is 4. The van der Waals surface area contributed by atoms with Crippen molar-refractivity contribution in [1.29, 1.82) is 0 Å². The number of aromatic nitrogens is 1. The van der Waals surface area contributed by atoms with E-state index in [1.165, 1.54) is 12.1 Å². The minimum absolute atomic E-state index is 0.0757. The lowest BCUT2D eigenvalue weighted by atomic mass is 10.0. The summed E-state index contributed by atoms with van der Waals surface area (Å²) in [5.74, 6) is 0.0856. The summed E-state index contributed by atoms with van der Waals surface area (Å²) in [6.45, 7) is 2.87. The summed E-state index contributed by atoms with van der Waals surface area (Å²) in [5.41, 5.74) is 1.61. The highest BCUT2D eigenvalue weighted by molar-refractivity contribution is 6.01. The molecule has 2 fully saturated rings. The van der Waals surface area contributed by atoms with Crippen molar-refractivity contribution in [3.05, 3.63) is 41.4 Å². The Hall–Kier alpha value is -2.21. The van der Waals surface area contributed by atoms with Gasteiger partial charge in [0.15, 0.2) is 0 Å². The fourth-order valence-corrected chi connectivity index (χ4v) is 3.75. The van der Waals surface area contributed by atoms with Gasteiger partial charge in [0, 0.05) is 12.1 Å². The van der Waals surface area contributed by atoms with Crippen LogP contribution in [0.5, 0.6) is 0 Å². The normalized spacial score (nSPS) is 23.3. The molecule has 24 heavy (non-hydrogen) atoms. The SMILES string of the molecule is Cc1onc(-c2ccc(F)cc2)c1C(=O)N1CCO[C@@H]2CCC[C@H]21. The molecule has 0 unspecified atom stereocenters. The zero-order valence-electron chi connectivity index (χ0n) is 13.5. The number of ether oxygens (including phenoxy) is 1. The minimum atomic E-state index is -0.325. The summed E-state index contributed by atoms with van der Waals surface area (Å²) in [5, 5.41) is 4.04. The van der Waals surface area contributed by atoms with Crippen molar-refractivity contribution in [2.24, 2.45) is 0 Å². The molecule has 1 aliphatic carbocycles. The minimum Gasteiger partial charge on any atom is -0.374 e. The lowest BCUT2D eigenvalue weighted by Gasteiger charge is -2.37. The van der Waals surface area contributed by atoms with Gasteiger partial charge in [0.2, 0.25) is 0 Å². The van der Waals surface area contributed by atoms with Gasteiger partial charge >= 0.3 is 0 Å². The molecule has 2 heterocycles. The maximum Gasteiger partial charge on any atom is 0.260 e. The van der Waals surface area contributed by atoms with Crippen molar-refractivity contribution in [1.82, 2.24) is 10.1 Å². The van der Waals surface area contributed by atoms with Crippen LogP contribution >= 0.6 is 0 Å². The average Bonchev–Trinajstić information content (AvgIpc) is 3.21. The van der Waals surface area contributed by atoms with E-state index in [2.05, 4.69) is 5.16 Å². The number of morpholine rings is 1. The van der Waals surface area contributed by atoms with Gasteiger partial charge in [-0.2, -0.15) is 0 Å². The third-order valence-corrected chi connectivity index (χ3v) is 4.94. The molecule has 0 radical (unpaired) electrons. The van der Waals surface area contributed by atoms with E-state index in [1.54, 1.807) is 19.1 Å². The van der Waals surface area contributed by atoms with Crippen LogP contribution in [0, 0.1) is 12.7 Å². The summed E-state index contributed by atoms with van der Waals surface area (Å²) in [4.78, 5) is 15.1. The van der Waals surface area contributed by atoms with E-state index in [0.29, 0.717) is 35.7 Å². The lowest BCUT2D eigenvalue weighted by molar-refractivity contribution is -0.0445. The van der Waals surface area contributed by atoms with Crippen LogP contribution in [0.1, 0.15) is 35.4 Å². The molecule has 1 aromatic carbocycles. The maximum atomic E-state index is 13.2. The molecular formula is C18H19FN2O3. The monoisotopic (exact) mass is 330 g/mol. The Balaban J connectivity index is 1.69. The molecule has 5 nitrogen and oxygen atoms in total. The second kappa shape index (κ2) is 6.02. The van der Waals surface area contributed by atoms with Crippen LogP contribution in [0.3, 0.4) is 0 Å². The standard InChI is InChI=1S/C18H19FN2O3/c1-11-16(17(20-24-11)12-5-7-13(19)8-6-12)18(22)21-9-10-23-15-4-2-3-14(15)21/h5-8,14-15H,2-4,9-10H2,1H3/t14-,15-/m1/s1. The van der Waals surface area contributed by atoms with E-state index >= 15 is 0 Å². The number of rotatable bonds is 2. The van der Waals surface area contributed by atoms with Crippen molar-refractivity contribution in [2.75, 3.05) is 13.2 Å². The van der Waals surface area contributed by atoms with Crippen molar-refractivity contribution >= 4 is 5.91 Å². The van der Waals surface area contributed by atoms with Crippen LogP contribution in [0.15, 0.2) is 28.8 Å². The highest BCUT2D eigenvalue weighted by atomic mass is 19.1. The van der Waals surface area contributed by atoms with Gasteiger partial charge < -0.3 is 14.2 Å². The molecular weight excluding hydrogens is 311 g/mol. The molecule has 0 spiro atoms. The van der Waals surface area contributed by atoms with E-state index < -0.39 is 0 Å². The quantitative estimate of drug-likeness (QED) is 0.848. The highest BCUT2D eigenvalue weighted by Crippen LogP contribution is 2.33. The Bertz CT molecular complexity index is 756. The van der Waals surface area contributed by atoms with Gasteiger partial charge in [-0.1, -0.05) is 5.16 Å². The Morgan fingerprint density at radius 2 is 2.08 bits per heavy atom. The van der Waals surface area contributed by atoms with Gasteiger partial charge in [-0.3, -0.25) is 4.79 Å². The molecule has 126 valence electrons. The summed E-state index contributed by atoms with van der Waals surface area (Å²) in [6.07, 6.45) is 3.18. The van der Waals surface area contributed by atoms with Crippen LogP contribution in [0.25, 0.3) is 11.3 Å². The van der Waals surface area contributed by atoms with Crippen LogP contribution < -0.4 is 0 Å². The molecule has 2 atom stereocenters. The van der Waals surface area contributed by atoms with Gasteiger partial charge in [-0.05, 0) is 50.5 Å². The van der Waals surface area contributed by atoms with Crippen molar-refractivity contribution in [3.63, 3.8) is 0 Å². The largest absolute Gasteiger partial charge is 0.374 e. The second-order valence-corrected chi connectivity index (χ2v) is 6.38. The number of benzene rings is 1. The Morgan fingerprint density at radius 3 is 2.88 bits per heavy atom. The number of halogens is 1. The number of aryl methyl sites for hydroxylation is 1. The van der Waals surface area contributed by atoms with Gasteiger partial charge in [0.1, 0.15) is 22.8 Å². The Kier molecular flexibility index (Phi) is 3.84. The van der Waals surface area contributed by atoms with Crippen molar-refractivity contribution in [3.8, 4) is 11.3 Å². The van der Waals surface area contributed by atoms with Crippen LogP contribution in [0.2, 0.25) is 0 Å². The zero-order chi connectivity index (χ0) is 16.7. The number of hydrogen-bond donors (Lipinski definition) is 0. The molecule has 1 aliphatic heterocycles. The Labute approximate surface area is 139 Å². The molecule has 0 bridgehead atoms. The lowest BCUT2D eigenvalue weighted by Crippen LogP contribution is -2.51. The molecule has 1 aromatic heterocycles. The summed E-state index contributed by atoms with van der Waals surface area (Å²) < 4.78 is 24.2.